The Kier molecular flexibility index (Phi) is 9.66. The first kappa shape index (κ1) is 22.6. The van der Waals surface area contributed by atoms with Gasteiger partial charge in [0, 0.05) is 31.5 Å². The molecule has 144 valence electrons. The molecule has 1 aliphatic heterocycles. The molecular weight excluding hydrogens is 447 g/mol. The van der Waals surface area contributed by atoms with Crippen molar-refractivity contribution in [1.29, 1.82) is 0 Å². The van der Waals surface area contributed by atoms with E-state index in [1.807, 2.05) is 7.05 Å². The van der Waals surface area contributed by atoms with Gasteiger partial charge in [0.25, 0.3) is 0 Å². The summed E-state index contributed by atoms with van der Waals surface area (Å²) in [6.07, 6.45) is 3.64. The summed E-state index contributed by atoms with van der Waals surface area (Å²) in [5.74, 6) is 1.35. The highest BCUT2D eigenvalue weighted by Crippen LogP contribution is 2.33. The summed E-state index contributed by atoms with van der Waals surface area (Å²) in [5, 5.41) is 10.1. The van der Waals surface area contributed by atoms with Crippen molar-refractivity contribution in [3.05, 3.63) is 16.1 Å². The summed E-state index contributed by atoms with van der Waals surface area (Å²) >= 11 is 1.72. The Bertz CT molecular complexity index is 541. The maximum absolute atomic E-state index is 6.06. The van der Waals surface area contributed by atoms with Gasteiger partial charge in [0.05, 0.1) is 23.4 Å². The topological polar surface area (TPSA) is 58.5 Å². The number of nitrogens with one attached hydrogen (secondary N) is 2. The summed E-state index contributed by atoms with van der Waals surface area (Å²) < 4.78 is 6.06. The van der Waals surface area contributed by atoms with Crippen LogP contribution in [0.2, 0.25) is 0 Å². The second kappa shape index (κ2) is 10.7. The Balaban J connectivity index is 0.00000312. The predicted octanol–water partition coefficient (Wildman–Crippen LogP) is 3.83. The molecule has 2 unspecified atom stereocenters. The number of nitrogens with zero attached hydrogens (tertiary/aromatic N) is 2. The van der Waals surface area contributed by atoms with Gasteiger partial charge in [0.15, 0.2) is 5.96 Å². The number of hydrogen-bond acceptors (Lipinski definition) is 4. The zero-order valence-electron chi connectivity index (χ0n) is 16.1. The Morgan fingerprint density at radius 1 is 1.40 bits per heavy atom. The Morgan fingerprint density at radius 3 is 2.76 bits per heavy atom. The lowest BCUT2D eigenvalue weighted by Crippen LogP contribution is -2.47. The van der Waals surface area contributed by atoms with E-state index in [4.69, 9.17) is 4.74 Å². The van der Waals surface area contributed by atoms with Crippen LogP contribution >= 0.6 is 35.3 Å². The molecule has 1 aromatic heterocycles. The highest BCUT2D eigenvalue weighted by Gasteiger charge is 2.35. The van der Waals surface area contributed by atoms with Gasteiger partial charge in [-0.3, -0.25) is 4.99 Å². The average Bonchev–Trinajstić information content (AvgIpc) is 3.02. The van der Waals surface area contributed by atoms with Crippen LogP contribution in [-0.2, 0) is 17.7 Å². The summed E-state index contributed by atoms with van der Waals surface area (Å²) in [6, 6.07) is 0. The zero-order valence-corrected chi connectivity index (χ0v) is 19.2. The van der Waals surface area contributed by atoms with Crippen LogP contribution in [0.25, 0.3) is 0 Å². The van der Waals surface area contributed by atoms with Gasteiger partial charge in [-0.25, -0.2) is 4.98 Å². The number of rotatable bonds is 5. The van der Waals surface area contributed by atoms with Crippen molar-refractivity contribution in [3.8, 4) is 0 Å². The maximum Gasteiger partial charge on any atom is 0.191 e. The second-order valence-electron chi connectivity index (χ2n) is 7.45. The summed E-state index contributed by atoms with van der Waals surface area (Å²) in [6.45, 7) is 11.4. The SMILES string of the molecule is CCc1nc(CNC(=NC)NCC2CCCOC2C(C)(C)C)cs1.I. The van der Waals surface area contributed by atoms with E-state index in [0.29, 0.717) is 18.6 Å². The lowest BCUT2D eigenvalue weighted by atomic mass is 9.78. The molecular formula is C18H33IN4OS. The lowest BCUT2D eigenvalue weighted by Gasteiger charge is -2.40. The fraction of sp³-hybridized carbons (Fsp3) is 0.778. The second-order valence-corrected chi connectivity index (χ2v) is 8.40. The van der Waals surface area contributed by atoms with Crippen LogP contribution in [0.15, 0.2) is 10.4 Å². The van der Waals surface area contributed by atoms with Crippen molar-refractivity contribution >= 4 is 41.3 Å². The smallest absolute Gasteiger partial charge is 0.191 e. The van der Waals surface area contributed by atoms with Gasteiger partial charge in [-0.2, -0.15) is 0 Å². The third kappa shape index (κ3) is 7.02. The van der Waals surface area contributed by atoms with Gasteiger partial charge in [0.2, 0.25) is 0 Å². The number of aromatic nitrogens is 1. The van der Waals surface area contributed by atoms with Crippen molar-refractivity contribution < 1.29 is 4.74 Å². The Labute approximate surface area is 173 Å². The maximum atomic E-state index is 6.06. The Morgan fingerprint density at radius 2 is 2.16 bits per heavy atom. The quantitative estimate of drug-likeness (QED) is 0.382. The van der Waals surface area contributed by atoms with Crippen LogP contribution in [0.5, 0.6) is 0 Å². The van der Waals surface area contributed by atoms with E-state index in [9.17, 15) is 0 Å². The van der Waals surface area contributed by atoms with Gasteiger partial charge < -0.3 is 15.4 Å². The van der Waals surface area contributed by atoms with Crippen molar-refractivity contribution in [2.45, 2.75) is 59.6 Å². The summed E-state index contributed by atoms with van der Waals surface area (Å²) in [5.41, 5.74) is 1.24. The van der Waals surface area contributed by atoms with E-state index < -0.39 is 0 Å². The van der Waals surface area contributed by atoms with Crippen molar-refractivity contribution in [1.82, 2.24) is 15.6 Å². The Hall–Kier alpha value is -0.410. The van der Waals surface area contributed by atoms with E-state index in [1.165, 1.54) is 11.4 Å². The molecule has 2 atom stereocenters. The third-order valence-corrected chi connectivity index (χ3v) is 5.43. The molecule has 5 nitrogen and oxygen atoms in total. The highest BCUT2D eigenvalue weighted by molar-refractivity contribution is 14.0. The molecule has 0 aromatic carbocycles. The van der Waals surface area contributed by atoms with E-state index in [1.54, 1.807) is 11.3 Å². The number of guanidine groups is 1. The molecule has 25 heavy (non-hydrogen) atoms. The molecule has 2 heterocycles. The van der Waals surface area contributed by atoms with Gasteiger partial charge in [-0.05, 0) is 24.7 Å². The minimum Gasteiger partial charge on any atom is -0.377 e. The number of aliphatic imine (C=N–C) groups is 1. The average molecular weight is 480 g/mol. The van der Waals surface area contributed by atoms with Crippen molar-refractivity contribution in [3.63, 3.8) is 0 Å². The number of aryl methyl sites for hydroxylation is 1. The standard InChI is InChI=1S/C18H32N4OS.HI/c1-6-15-22-14(12-24-15)11-21-17(19-5)20-10-13-8-7-9-23-16(13)18(2,3)4;/h12-13,16H,6-11H2,1-5H3,(H2,19,20,21);1H. The van der Waals surface area contributed by atoms with Crippen LogP contribution in [0, 0.1) is 11.3 Å². The van der Waals surface area contributed by atoms with E-state index in [-0.39, 0.29) is 29.4 Å². The zero-order chi connectivity index (χ0) is 17.6. The number of halogens is 1. The number of hydrogen-bond donors (Lipinski definition) is 2. The fourth-order valence-corrected chi connectivity index (χ4v) is 3.97. The monoisotopic (exact) mass is 480 g/mol. The molecule has 1 aliphatic rings. The van der Waals surface area contributed by atoms with Crippen LogP contribution in [0.1, 0.15) is 51.2 Å². The lowest BCUT2D eigenvalue weighted by molar-refractivity contribution is -0.0835. The molecule has 2 N–H and O–H groups in total. The molecule has 1 aromatic rings. The van der Waals surface area contributed by atoms with E-state index in [2.05, 4.69) is 53.7 Å². The van der Waals surface area contributed by atoms with Crippen molar-refractivity contribution in [2.24, 2.45) is 16.3 Å². The van der Waals surface area contributed by atoms with Gasteiger partial charge >= 0.3 is 0 Å². The van der Waals surface area contributed by atoms with Crippen molar-refractivity contribution in [2.75, 3.05) is 20.2 Å². The summed E-state index contributed by atoms with van der Waals surface area (Å²) in [4.78, 5) is 8.91. The predicted molar refractivity (Wildman–Crippen MR) is 117 cm³/mol. The van der Waals surface area contributed by atoms with Gasteiger partial charge in [-0.15, -0.1) is 35.3 Å². The molecule has 1 fully saturated rings. The largest absolute Gasteiger partial charge is 0.377 e. The first-order chi connectivity index (χ1) is 11.4. The van der Waals surface area contributed by atoms with E-state index >= 15 is 0 Å². The first-order valence-electron chi connectivity index (χ1n) is 8.93. The molecule has 0 bridgehead atoms. The number of ether oxygens (including phenoxy) is 1. The molecule has 0 saturated carbocycles. The third-order valence-electron chi connectivity index (χ3n) is 4.39. The van der Waals surface area contributed by atoms with Gasteiger partial charge in [0.1, 0.15) is 0 Å². The molecule has 2 rings (SSSR count). The van der Waals surface area contributed by atoms with Crippen LogP contribution in [0.4, 0.5) is 0 Å². The highest BCUT2D eigenvalue weighted by atomic mass is 127. The molecule has 0 spiro atoms. The summed E-state index contributed by atoms with van der Waals surface area (Å²) in [7, 11) is 1.81. The minimum atomic E-state index is 0. The molecule has 7 heteroatoms. The fourth-order valence-electron chi connectivity index (χ4n) is 3.22. The van der Waals surface area contributed by atoms with Crippen LogP contribution < -0.4 is 10.6 Å². The minimum absolute atomic E-state index is 0. The van der Waals surface area contributed by atoms with E-state index in [0.717, 1.165) is 37.6 Å². The normalized spacial score (nSPS) is 21.6. The molecule has 0 amide bonds. The molecule has 0 aliphatic carbocycles. The van der Waals surface area contributed by atoms with Crippen LogP contribution in [-0.4, -0.2) is 37.2 Å². The van der Waals surface area contributed by atoms with Gasteiger partial charge in [-0.1, -0.05) is 27.7 Å². The van der Waals surface area contributed by atoms with Crippen LogP contribution in [0.3, 0.4) is 0 Å². The molecule has 0 radical (unpaired) electrons. The first-order valence-corrected chi connectivity index (χ1v) is 9.81. The molecule has 1 saturated heterocycles. The number of thiazole rings is 1.